The van der Waals surface area contributed by atoms with Crippen molar-refractivity contribution in [2.45, 2.75) is 9.79 Å². The molecule has 0 bridgehead atoms. The highest BCUT2D eigenvalue weighted by Gasteiger charge is 2.29. The fourth-order valence-electron chi connectivity index (χ4n) is 7.27. The molecule has 0 unspecified atom stereocenters. The van der Waals surface area contributed by atoms with Crippen molar-refractivity contribution in [1.29, 1.82) is 0 Å². The van der Waals surface area contributed by atoms with Gasteiger partial charge in [0.2, 0.25) is 11.8 Å². The lowest BCUT2D eigenvalue weighted by molar-refractivity contribution is 0.620. The Labute approximate surface area is 289 Å². The topological polar surface area (TPSA) is 74.6 Å². The second-order valence-electron chi connectivity index (χ2n) is 12.3. The Balaban J connectivity index is 1.25. The van der Waals surface area contributed by atoms with E-state index in [-0.39, 0.29) is 0 Å². The molecule has 0 amide bonds. The van der Waals surface area contributed by atoms with E-state index >= 15 is 0 Å². The van der Waals surface area contributed by atoms with Gasteiger partial charge in [-0.25, -0.2) is 9.97 Å². The van der Waals surface area contributed by atoms with Gasteiger partial charge in [-0.15, -0.1) is 0 Å². The van der Waals surface area contributed by atoms with Crippen molar-refractivity contribution in [3.8, 4) is 45.9 Å². The van der Waals surface area contributed by atoms with Crippen LogP contribution in [0.25, 0.3) is 89.8 Å². The lowest BCUT2D eigenvalue weighted by Crippen LogP contribution is -2.10. The van der Waals surface area contributed by atoms with E-state index in [1.54, 1.807) is 0 Å². The summed E-state index contributed by atoms with van der Waals surface area (Å²) in [5.41, 5.74) is 8.31. The van der Waals surface area contributed by atoms with Gasteiger partial charge >= 0.3 is 0 Å². The van der Waals surface area contributed by atoms with E-state index in [0.29, 0.717) is 34.6 Å². The summed E-state index contributed by atoms with van der Waals surface area (Å²) in [6.07, 6.45) is 0. The number of nitrogens with zero attached hydrogens (tertiary/aromatic N) is 6. The minimum Gasteiger partial charge on any atom is -0.436 e. The molecule has 8 heteroatoms. The van der Waals surface area contributed by atoms with Crippen LogP contribution in [0.1, 0.15) is 0 Å². The van der Waals surface area contributed by atoms with E-state index in [1.165, 1.54) is 26.1 Å². The zero-order valence-electron chi connectivity index (χ0n) is 26.4. The Morgan fingerprint density at radius 2 is 1.22 bits per heavy atom. The van der Waals surface area contributed by atoms with Crippen LogP contribution in [0, 0.1) is 0 Å². The van der Waals surface area contributed by atoms with Crippen LogP contribution in [0.3, 0.4) is 0 Å². The number of rotatable bonds is 4. The SMILES string of the molecule is c1ccc(-c2nc(-c3cccc4oc(-c5ccccc5)nc34)nc(-n3c4ccccc4c4c5cccc6c5n(c43)-c3ccccc3S6)n2)cc1. The normalized spacial score (nSPS) is 12.3. The van der Waals surface area contributed by atoms with Crippen LogP contribution in [0.2, 0.25) is 0 Å². The second kappa shape index (κ2) is 10.5. The van der Waals surface area contributed by atoms with E-state index in [0.717, 1.165) is 38.9 Å². The predicted molar refractivity (Wildman–Crippen MR) is 199 cm³/mol. The summed E-state index contributed by atoms with van der Waals surface area (Å²) in [5, 5.41) is 3.51. The van der Waals surface area contributed by atoms with Crippen molar-refractivity contribution in [3.63, 3.8) is 0 Å². The Kier molecular flexibility index (Phi) is 5.76. The Morgan fingerprint density at radius 1 is 0.520 bits per heavy atom. The fourth-order valence-corrected chi connectivity index (χ4v) is 8.36. The fraction of sp³-hybridized carbons (Fsp3) is 0. The molecule has 11 rings (SSSR count). The molecular formula is C42H24N6OS. The molecule has 0 fully saturated rings. The van der Waals surface area contributed by atoms with Gasteiger partial charge in [0.05, 0.1) is 16.7 Å². The van der Waals surface area contributed by atoms with Crippen molar-refractivity contribution in [1.82, 2.24) is 29.1 Å². The van der Waals surface area contributed by atoms with E-state index in [2.05, 4.69) is 75.9 Å². The maximum Gasteiger partial charge on any atom is 0.239 e. The summed E-state index contributed by atoms with van der Waals surface area (Å²) in [4.78, 5) is 23.0. The summed E-state index contributed by atoms with van der Waals surface area (Å²) in [5.74, 6) is 2.17. The minimum atomic E-state index is 0.518. The van der Waals surface area contributed by atoms with Crippen LogP contribution in [-0.4, -0.2) is 29.1 Å². The summed E-state index contributed by atoms with van der Waals surface area (Å²) in [6, 6.07) is 49.7. The van der Waals surface area contributed by atoms with Gasteiger partial charge in [0.25, 0.3) is 0 Å². The monoisotopic (exact) mass is 660 g/mol. The summed E-state index contributed by atoms with van der Waals surface area (Å²) < 4.78 is 10.9. The Bertz CT molecular complexity index is 2960. The molecule has 234 valence electrons. The molecular weight excluding hydrogens is 637 g/mol. The summed E-state index contributed by atoms with van der Waals surface area (Å²) in [7, 11) is 0. The maximum atomic E-state index is 6.27. The van der Waals surface area contributed by atoms with Crippen LogP contribution in [0.4, 0.5) is 0 Å². The zero-order valence-corrected chi connectivity index (χ0v) is 27.2. The van der Waals surface area contributed by atoms with Crippen LogP contribution >= 0.6 is 11.8 Å². The number of para-hydroxylation sites is 4. The second-order valence-corrected chi connectivity index (χ2v) is 13.4. The third kappa shape index (κ3) is 3.93. The molecule has 0 saturated heterocycles. The van der Waals surface area contributed by atoms with Gasteiger partial charge in [-0.2, -0.15) is 9.97 Å². The van der Waals surface area contributed by atoms with Crippen molar-refractivity contribution < 1.29 is 4.42 Å². The third-order valence-electron chi connectivity index (χ3n) is 9.42. The lowest BCUT2D eigenvalue weighted by atomic mass is 10.1. The molecule has 10 aromatic rings. The van der Waals surface area contributed by atoms with E-state index < -0.39 is 0 Å². The van der Waals surface area contributed by atoms with Gasteiger partial charge in [-0.1, -0.05) is 109 Å². The van der Waals surface area contributed by atoms with E-state index in [1.807, 2.05) is 90.6 Å². The first-order valence-electron chi connectivity index (χ1n) is 16.4. The smallest absolute Gasteiger partial charge is 0.239 e. The van der Waals surface area contributed by atoms with Crippen LogP contribution in [-0.2, 0) is 0 Å². The molecule has 0 radical (unpaired) electrons. The van der Waals surface area contributed by atoms with Gasteiger partial charge in [-0.3, -0.25) is 9.13 Å². The van der Waals surface area contributed by atoms with E-state index in [4.69, 9.17) is 24.4 Å². The molecule has 7 nitrogen and oxygen atoms in total. The van der Waals surface area contributed by atoms with Gasteiger partial charge in [0.1, 0.15) is 11.2 Å². The molecule has 6 aromatic carbocycles. The summed E-state index contributed by atoms with van der Waals surface area (Å²) in [6.45, 7) is 0. The Morgan fingerprint density at radius 3 is 2.10 bits per heavy atom. The number of fused-ring (bicyclic) bond motifs is 8. The average molecular weight is 661 g/mol. The molecule has 0 atom stereocenters. The molecule has 1 aliphatic rings. The average Bonchev–Trinajstić information content (AvgIpc) is 3.87. The molecule has 1 aliphatic heterocycles. The van der Waals surface area contributed by atoms with E-state index in [9.17, 15) is 0 Å². The largest absolute Gasteiger partial charge is 0.436 e. The minimum absolute atomic E-state index is 0.518. The highest BCUT2D eigenvalue weighted by Crippen LogP contribution is 2.49. The third-order valence-corrected chi connectivity index (χ3v) is 10.5. The number of hydrogen-bond acceptors (Lipinski definition) is 6. The number of benzene rings is 6. The first-order chi connectivity index (χ1) is 24.8. The highest BCUT2D eigenvalue weighted by atomic mass is 32.2. The van der Waals surface area contributed by atoms with Gasteiger partial charge in [0, 0.05) is 42.6 Å². The maximum absolute atomic E-state index is 6.27. The van der Waals surface area contributed by atoms with Crippen LogP contribution in [0.15, 0.2) is 160 Å². The number of aromatic nitrogens is 6. The number of hydrogen-bond donors (Lipinski definition) is 0. The van der Waals surface area contributed by atoms with Crippen LogP contribution < -0.4 is 0 Å². The molecule has 50 heavy (non-hydrogen) atoms. The first kappa shape index (κ1) is 27.4. The van der Waals surface area contributed by atoms with Crippen LogP contribution in [0.5, 0.6) is 0 Å². The molecule has 5 heterocycles. The lowest BCUT2D eigenvalue weighted by Gasteiger charge is -2.20. The Hall–Kier alpha value is -6.51. The zero-order chi connectivity index (χ0) is 32.8. The molecule has 0 saturated carbocycles. The molecule has 4 aromatic heterocycles. The number of oxazole rings is 1. The van der Waals surface area contributed by atoms with Crippen molar-refractivity contribution in [2.24, 2.45) is 0 Å². The standard InChI is InChI=1S/C42H24N6OS/c1-3-13-25(14-4-1)38-44-39(29-19-11-22-32-36(29)43-40(49-32)26-15-5-2-6-16-26)46-42(45-38)48-30-20-8-7-17-27(30)35-28-18-12-24-34-37(28)47(41(35)48)31-21-9-10-23-33(31)50-34/h1-24H. The highest BCUT2D eigenvalue weighted by molar-refractivity contribution is 7.99. The van der Waals surface area contributed by atoms with Crippen molar-refractivity contribution in [3.05, 3.63) is 146 Å². The molecule has 0 N–H and O–H groups in total. The predicted octanol–water partition coefficient (Wildman–Crippen LogP) is 10.5. The first-order valence-corrected chi connectivity index (χ1v) is 17.2. The van der Waals surface area contributed by atoms with Gasteiger partial charge in [0.15, 0.2) is 17.2 Å². The van der Waals surface area contributed by atoms with Crippen molar-refractivity contribution in [2.75, 3.05) is 0 Å². The quantitative estimate of drug-likeness (QED) is 0.187. The summed E-state index contributed by atoms with van der Waals surface area (Å²) >= 11 is 1.81. The molecule has 0 spiro atoms. The molecule has 0 aliphatic carbocycles. The van der Waals surface area contributed by atoms with Gasteiger partial charge < -0.3 is 4.42 Å². The van der Waals surface area contributed by atoms with Crippen molar-refractivity contribution >= 4 is 55.7 Å². The van der Waals surface area contributed by atoms with Gasteiger partial charge in [-0.05, 0) is 48.5 Å².